The van der Waals surface area contributed by atoms with Gasteiger partial charge in [0.2, 0.25) is 0 Å². The first kappa shape index (κ1) is 22.1. The van der Waals surface area contributed by atoms with E-state index in [2.05, 4.69) is 106 Å². The Labute approximate surface area is 175 Å². The van der Waals surface area contributed by atoms with Crippen LogP contribution in [0.1, 0.15) is 44.4 Å². The molecule has 0 saturated heterocycles. The SMILES string of the molecule is CC1=CCC(c2ccccc2C(C)[N]([Ti+2])c2ccccc2)=C1C.[Cl-].[Cl-]. The molecule has 1 aliphatic carbocycles. The second-order valence-corrected chi connectivity index (χ2v) is 6.92. The van der Waals surface area contributed by atoms with E-state index in [1.165, 1.54) is 33.5 Å². The Morgan fingerprint density at radius 2 is 1.52 bits per heavy atom. The van der Waals surface area contributed by atoms with Gasteiger partial charge in [-0.2, -0.15) is 0 Å². The second kappa shape index (κ2) is 9.64. The summed E-state index contributed by atoms with van der Waals surface area (Å²) in [5, 5.41) is 0. The fraction of sp³-hybridized carbons (Fsp3) is 0.238. The number of hydrogen-bond donors (Lipinski definition) is 0. The van der Waals surface area contributed by atoms with Gasteiger partial charge in [0.1, 0.15) is 0 Å². The van der Waals surface area contributed by atoms with E-state index in [1.807, 2.05) is 0 Å². The van der Waals surface area contributed by atoms with Crippen LogP contribution in [0.4, 0.5) is 5.69 Å². The summed E-state index contributed by atoms with van der Waals surface area (Å²) in [4.78, 5) is 0. The summed E-state index contributed by atoms with van der Waals surface area (Å²) >= 11 is 2.18. The average Bonchev–Trinajstić information content (AvgIpc) is 2.93. The second-order valence-electron chi connectivity index (χ2n) is 6.16. The summed E-state index contributed by atoms with van der Waals surface area (Å²) in [6.45, 7) is 6.75. The van der Waals surface area contributed by atoms with Crippen LogP contribution in [-0.2, 0) is 20.7 Å². The zero-order valence-electron chi connectivity index (χ0n) is 14.8. The standard InChI is InChI=1S/C21H22N.2ClH.Ti/c1-15-13-14-19(16(15)2)21-12-8-7-11-20(21)17(3)22-18-9-5-4-6-10-18;;;/h4-13,17H,14H2,1-3H3;2*1H;/q-1;;;+3/p-2. The third-order valence-corrected chi connectivity index (χ3v) is 5.82. The van der Waals surface area contributed by atoms with Gasteiger partial charge in [0.25, 0.3) is 0 Å². The normalized spacial score (nSPS) is 14.4. The van der Waals surface area contributed by atoms with E-state index in [0.29, 0.717) is 6.04 Å². The van der Waals surface area contributed by atoms with Crippen molar-refractivity contribution in [2.24, 2.45) is 0 Å². The van der Waals surface area contributed by atoms with Crippen LogP contribution in [0, 0.1) is 0 Å². The molecule has 3 rings (SSSR count). The molecule has 1 unspecified atom stereocenters. The molecule has 0 saturated carbocycles. The summed E-state index contributed by atoms with van der Waals surface area (Å²) in [5.41, 5.74) is 8.38. The minimum atomic E-state index is 0. The molecule has 2 aromatic carbocycles. The maximum atomic E-state index is 2.35. The molecule has 0 N–H and O–H groups in total. The van der Waals surface area contributed by atoms with Crippen LogP contribution >= 0.6 is 0 Å². The predicted octanol–water partition coefficient (Wildman–Crippen LogP) is -0.152. The number of para-hydroxylation sites is 1. The fourth-order valence-corrected chi connectivity index (χ4v) is 3.65. The molecule has 0 heterocycles. The van der Waals surface area contributed by atoms with Crippen molar-refractivity contribution in [3.8, 4) is 0 Å². The molecule has 25 heavy (non-hydrogen) atoms. The van der Waals surface area contributed by atoms with Crippen molar-refractivity contribution in [3.05, 3.63) is 82.9 Å². The molecule has 0 spiro atoms. The molecule has 0 radical (unpaired) electrons. The van der Waals surface area contributed by atoms with Crippen LogP contribution in [0.25, 0.3) is 5.57 Å². The number of hydrogen-bond acceptors (Lipinski definition) is 1. The van der Waals surface area contributed by atoms with Crippen molar-refractivity contribution in [1.29, 1.82) is 0 Å². The van der Waals surface area contributed by atoms with Gasteiger partial charge in [0.15, 0.2) is 0 Å². The fourth-order valence-electron chi connectivity index (χ4n) is 3.20. The zero-order chi connectivity index (χ0) is 16.4. The summed E-state index contributed by atoms with van der Waals surface area (Å²) in [5.74, 6) is 0. The third kappa shape index (κ3) is 4.60. The van der Waals surface area contributed by atoms with Crippen molar-refractivity contribution in [2.75, 3.05) is 3.38 Å². The van der Waals surface area contributed by atoms with Crippen molar-refractivity contribution in [1.82, 2.24) is 0 Å². The first-order chi connectivity index (χ1) is 11.1. The van der Waals surface area contributed by atoms with E-state index in [1.54, 1.807) is 0 Å². The number of rotatable bonds is 4. The molecule has 0 bridgehead atoms. The van der Waals surface area contributed by atoms with Crippen molar-refractivity contribution < 1.29 is 45.5 Å². The Morgan fingerprint density at radius 3 is 2.12 bits per heavy atom. The van der Waals surface area contributed by atoms with Gasteiger partial charge in [-0.1, -0.05) is 0 Å². The van der Waals surface area contributed by atoms with E-state index < -0.39 is 0 Å². The zero-order valence-corrected chi connectivity index (χ0v) is 17.8. The smallest absolute Gasteiger partial charge is 1.00 e. The number of halogens is 2. The van der Waals surface area contributed by atoms with Crippen LogP contribution in [0.5, 0.6) is 0 Å². The molecule has 129 valence electrons. The molecule has 0 amide bonds. The number of allylic oxidation sites excluding steroid dienone is 4. The number of nitrogens with zero attached hydrogens (tertiary/aromatic N) is 1. The third-order valence-electron chi connectivity index (χ3n) is 4.81. The largest absolute Gasteiger partial charge is 1.00 e. The molecule has 4 heteroatoms. The van der Waals surface area contributed by atoms with Crippen LogP contribution in [0.3, 0.4) is 0 Å². The van der Waals surface area contributed by atoms with Gasteiger partial charge in [-0.25, -0.2) is 0 Å². The molecule has 1 aliphatic rings. The van der Waals surface area contributed by atoms with Gasteiger partial charge in [-0.3, -0.25) is 0 Å². The van der Waals surface area contributed by atoms with Gasteiger partial charge < -0.3 is 24.8 Å². The number of benzene rings is 2. The summed E-state index contributed by atoms with van der Waals surface area (Å²) in [6.07, 6.45) is 3.39. The van der Waals surface area contributed by atoms with E-state index >= 15 is 0 Å². The predicted molar refractivity (Wildman–Crippen MR) is 94.7 cm³/mol. The van der Waals surface area contributed by atoms with Crippen LogP contribution < -0.4 is 28.2 Å². The molecule has 2 aromatic rings. The van der Waals surface area contributed by atoms with Crippen LogP contribution in [0.2, 0.25) is 0 Å². The van der Waals surface area contributed by atoms with E-state index in [4.69, 9.17) is 0 Å². The Morgan fingerprint density at radius 1 is 0.920 bits per heavy atom. The summed E-state index contributed by atoms with van der Waals surface area (Å²) < 4.78 is 2.35. The molecule has 0 aliphatic heterocycles. The molecule has 0 fully saturated rings. The van der Waals surface area contributed by atoms with Crippen molar-refractivity contribution in [3.63, 3.8) is 0 Å². The maximum Gasteiger partial charge on any atom is -1.00 e. The molecule has 1 nitrogen and oxygen atoms in total. The van der Waals surface area contributed by atoms with E-state index in [9.17, 15) is 0 Å². The molecular weight excluding hydrogens is 385 g/mol. The first-order valence-electron chi connectivity index (χ1n) is 8.11. The Hall–Kier alpha value is -0.986. The molecule has 1 atom stereocenters. The van der Waals surface area contributed by atoms with Crippen molar-refractivity contribution in [2.45, 2.75) is 33.2 Å². The van der Waals surface area contributed by atoms with Gasteiger partial charge in [0, 0.05) is 0 Å². The van der Waals surface area contributed by atoms with Crippen molar-refractivity contribution >= 4 is 11.3 Å². The Bertz CT molecular complexity index is 768. The number of anilines is 1. The monoisotopic (exact) mass is 406 g/mol. The molecule has 0 aromatic heterocycles. The van der Waals surface area contributed by atoms with E-state index in [0.717, 1.165) is 6.42 Å². The van der Waals surface area contributed by atoms with Crippen LogP contribution in [0.15, 0.2) is 71.8 Å². The van der Waals surface area contributed by atoms with Gasteiger partial charge in [-0.05, 0) is 0 Å². The topological polar surface area (TPSA) is 3.24 Å². The van der Waals surface area contributed by atoms with Gasteiger partial charge in [0.05, 0.1) is 0 Å². The first-order valence-corrected chi connectivity index (χ1v) is 8.81. The Balaban J connectivity index is 0.00000156. The minimum absolute atomic E-state index is 0. The minimum Gasteiger partial charge on any atom is -1.00 e. The van der Waals surface area contributed by atoms with Crippen LogP contribution in [-0.4, -0.2) is 0 Å². The van der Waals surface area contributed by atoms with Gasteiger partial charge in [-0.15, -0.1) is 0 Å². The summed E-state index contributed by atoms with van der Waals surface area (Å²) in [6, 6.07) is 19.8. The van der Waals surface area contributed by atoms with Gasteiger partial charge >= 0.3 is 152 Å². The Kier molecular flexibility index (Phi) is 8.50. The van der Waals surface area contributed by atoms with E-state index in [-0.39, 0.29) is 24.8 Å². The maximum absolute atomic E-state index is 2.35. The summed E-state index contributed by atoms with van der Waals surface area (Å²) in [7, 11) is 0. The average molecular weight is 407 g/mol. The quantitative estimate of drug-likeness (QED) is 0.638. The molecular formula is C21H22Cl2NTi.